The average Bonchev–Trinajstić information content (AvgIpc) is 3.45. The van der Waals surface area contributed by atoms with Gasteiger partial charge in [-0.25, -0.2) is 14.6 Å². The number of benzene rings is 2. The Labute approximate surface area is 197 Å². The van der Waals surface area contributed by atoms with E-state index in [4.69, 9.17) is 16.3 Å². The van der Waals surface area contributed by atoms with E-state index in [0.717, 1.165) is 41.2 Å². The van der Waals surface area contributed by atoms with Crippen molar-refractivity contribution in [3.63, 3.8) is 0 Å². The standard InChI is InChI=1S/C25H24ClN5O2/c1-17-15-30(16-27-17)21-10-4-18(14-22(21)33-2)5-11-23-28-24-25(32,12-3-13-31(24)29-23)19-6-8-20(26)9-7-19/h4-11,14-16,32H,3,12-13H2,1-2H3/t25-/m0/s1. The highest BCUT2D eigenvalue weighted by molar-refractivity contribution is 6.30. The summed E-state index contributed by atoms with van der Waals surface area (Å²) in [5, 5.41) is 16.7. The van der Waals surface area contributed by atoms with Gasteiger partial charge in [0.25, 0.3) is 0 Å². The lowest BCUT2D eigenvalue weighted by Gasteiger charge is -2.31. The molecule has 0 radical (unpaired) electrons. The fraction of sp³-hybridized carbons (Fsp3) is 0.240. The van der Waals surface area contributed by atoms with Crippen LogP contribution in [-0.4, -0.2) is 36.5 Å². The molecule has 5 rings (SSSR count). The largest absolute Gasteiger partial charge is 0.495 e. The van der Waals surface area contributed by atoms with E-state index in [0.29, 0.717) is 23.1 Å². The SMILES string of the molecule is COc1cc(C=Cc2nc3n(n2)CCC[C@]3(O)c2ccc(Cl)cc2)ccc1-n1cnc(C)c1. The summed E-state index contributed by atoms with van der Waals surface area (Å²) in [6.45, 7) is 2.67. The quantitative estimate of drug-likeness (QED) is 0.468. The van der Waals surface area contributed by atoms with E-state index in [9.17, 15) is 5.11 Å². The minimum absolute atomic E-state index is 0.549. The van der Waals surface area contributed by atoms with Crippen molar-refractivity contribution < 1.29 is 9.84 Å². The van der Waals surface area contributed by atoms with Crippen LogP contribution in [0.15, 0.2) is 55.0 Å². The molecule has 2 aromatic carbocycles. The van der Waals surface area contributed by atoms with E-state index in [1.165, 1.54) is 0 Å². The summed E-state index contributed by atoms with van der Waals surface area (Å²) in [6, 6.07) is 13.2. The van der Waals surface area contributed by atoms with Gasteiger partial charge in [-0.1, -0.05) is 35.9 Å². The Morgan fingerprint density at radius 1 is 1.15 bits per heavy atom. The number of halogens is 1. The number of aliphatic hydroxyl groups is 1. The molecule has 8 heteroatoms. The van der Waals surface area contributed by atoms with Crippen molar-refractivity contribution in [3.05, 3.63) is 88.5 Å². The Balaban J connectivity index is 1.43. The number of nitrogens with zero attached hydrogens (tertiary/aromatic N) is 5. The highest BCUT2D eigenvalue weighted by Crippen LogP contribution is 2.37. The van der Waals surface area contributed by atoms with Gasteiger partial charge in [-0.05, 0) is 61.2 Å². The number of methoxy groups -OCH3 is 1. The van der Waals surface area contributed by atoms with Crippen LogP contribution in [0.2, 0.25) is 5.02 Å². The van der Waals surface area contributed by atoms with E-state index in [2.05, 4.69) is 15.1 Å². The summed E-state index contributed by atoms with van der Waals surface area (Å²) >= 11 is 6.03. The van der Waals surface area contributed by atoms with E-state index in [1.54, 1.807) is 30.3 Å². The maximum atomic E-state index is 11.5. The van der Waals surface area contributed by atoms with Crippen molar-refractivity contribution in [2.45, 2.75) is 31.9 Å². The monoisotopic (exact) mass is 461 g/mol. The van der Waals surface area contributed by atoms with Gasteiger partial charge in [0.2, 0.25) is 0 Å². The van der Waals surface area contributed by atoms with E-state index < -0.39 is 5.60 Å². The van der Waals surface area contributed by atoms with Crippen LogP contribution in [0.1, 0.15) is 41.3 Å². The number of fused-ring (bicyclic) bond motifs is 1. The molecule has 1 N–H and O–H groups in total. The zero-order valence-corrected chi connectivity index (χ0v) is 19.2. The highest BCUT2D eigenvalue weighted by atomic mass is 35.5. The molecule has 0 amide bonds. The maximum Gasteiger partial charge on any atom is 0.174 e. The molecule has 0 aliphatic carbocycles. The molecule has 1 atom stereocenters. The number of hydrogen-bond acceptors (Lipinski definition) is 5. The van der Waals surface area contributed by atoms with Crippen LogP contribution < -0.4 is 4.74 Å². The first-order valence-electron chi connectivity index (χ1n) is 10.8. The van der Waals surface area contributed by atoms with Crippen LogP contribution in [0.4, 0.5) is 0 Å². The molecular formula is C25H24ClN5O2. The molecule has 3 heterocycles. The second-order valence-electron chi connectivity index (χ2n) is 8.17. The van der Waals surface area contributed by atoms with Gasteiger partial charge in [0.1, 0.15) is 11.4 Å². The minimum Gasteiger partial charge on any atom is -0.495 e. The Kier molecular flexibility index (Phi) is 5.52. The molecular weight excluding hydrogens is 438 g/mol. The summed E-state index contributed by atoms with van der Waals surface area (Å²) in [4.78, 5) is 8.95. The molecule has 2 aromatic heterocycles. The van der Waals surface area contributed by atoms with Gasteiger partial charge in [-0.15, -0.1) is 0 Å². The lowest BCUT2D eigenvalue weighted by atomic mass is 9.86. The van der Waals surface area contributed by atoms with Crippen LogP contribution in [0.25, 0.3) is 17.8 Å². The number of hydrogen-bond donors (Lipinski definition) is 1. The Morgan fingerprint density at radius 2 is 1.97 bits per heavy atom. The Hall–Kier alpha value is -3.42. The Morgan fingerprint density at radius 3 is 2.70 bits per heavy atom. The fourth-order valence-corrected chi connectivity index (χ4v) is 4.35. The van der Waals surface area contributed by atoms with Crippen molar-refractivity contribution in [2.24, 2.45) is 0 Å². The maximum absolute atomic E-state index is 11.5. The normalized spacial score (nSPS) is 17.9. The first-order chi connectivity index (χ1) is 16.0. The molecule has 33 heavy (non-hydrogen) atoms. The zero-order valence-electron chi connectivity index (χ0n) is 18.4. The number of rotatable bonds is 5. The van der Waals surface area contributed by atoms with Crippen molar-refractivity contribution in [3.8, 4) is 11.4 Å². The van der Waals surface area contributed by atoms with E-state index in [1.807, 2.05) is 60.2 Å². The third-order valence-corrected chi connectivity index (χ3v) is 6.16. The molecule has 0 unspecified atom stereocenters. The van der Waals surface area contributed by atoms with Crippen molar-refractivity contribution in [1.82, 2.24) is 24.3 Å². The van der Waals surface area contributed by atoms with Gasteiger partial charge in [0, 0.05) is 17.8 Å². The molecule has 1 aliphatic heterocycles. The van der Waals surface area contributed by atoms with E-state index >= 15 is 0 Å². The number of imidazole rings is 1. The van der Waals surface area contributed by atoms with Crippen LogP contribution in [0.5, 0.6) is 5.75 Å². The smallest absolute Gasteiger partial charge is 0.174 e. The second-order valence-corrected chi connectivity index (χ2v) is 8.61. The highest BCUT2D eigenvalue weighted by Gasteiger charge is 2.39. The van der Waals surface area contributed by atoms with Gasteiger partial charge in [-0.3, -0.25) is 0 Å². The van der Waals surface area contributed by atoms with Crippen LogP contribution in [-0.2, 0) is 12.1 Å². The number of ether oxygens (including phenoxy) is 1. The second kappa shape index (κ2) is 8.50. The third-order valence-electron chi connectivity index (χ3n) is 5.91. The number of aryl methyl sites for hydroxylation is 2. The molecule has 4 aromatic rings. The van der Waals surface area contributed by atoms with Crippen molar-refractivity contribution in [2.75, 3.05) is 7.11 Å². The fourth-order valence-electron chi connectivity index (χ4n) is 4.22. The van der Waals surface area contributed by atoms with Crippen LogP contribution in [0, 0.1) is 6.92 Å². The summed E-state index contributed by atoms with van der Waals surface area (Å²) in [5.74, 6) is 1.84. The molecule has 0 bridgehead atoms. The summed E-state index contributed by atoms with van der Waals surface area (Å²) in [7, 11) is 1.65. The predicted molar refractivity (Wildman–Crippen MR) is 127 cm³/mol. The predicted octanol–water partition coefficient (Wildman–Crippen LogP) is 4.63. The molecule has 0 saturated carbocycles. The molecule has 1 aliphatic rings. The van der Waals surface area contributed by atoms with Crippen molar-refractivity contribution >= 4 is 23.8 Å². The van der Waals surface area contributed by atoms with Gasteiger partial charge >= 0.3 is 0 Å². The van der Waals surface area contributed by atoms with Gasteiger partial charge in [-0.2, -0.15) is 5.10 Å². The first-order valence-corrected chi connectivity index (χ1v) is 11.1. The molecule has 7 nitrogen and oxygen atoms in total. The van der Waals surface area contributed by atoms with Gasteiger partial charge in [0.15, 0.2) is 11.6 Å². The molecule has 0 spiro atoms. The Bertz CT molecular complexity index is 1330. The van der Waals surface area contributed by atoms with Crippen LogP contribution in [0.3, 0.4) is 0 Å². The van der Waals surface area contributed by atoms with Crippen molar-refractivity contribution in [1.29, 1.82) is 0 Å². The summed E-state index contributed by atoms with van der Waals surface area (Å²) in [5.41, 5.74) is 2.39. The summed E-state index contributed by atoms with van der Waals surface area (Å²) in [6.07, 6.45) is 8.91. The summed E-state index contributed by atoms with van der Waals surface area (Å²) < 4.78 is 9.32. The third kappa shape index (κ3) is 4.05. The number of aromatic nitrogens is 5. The van der Waals surface area contributed by atoms with Gasteiger partial charge in [0.05, 0.1) is 24.8 Å². The lowest BCUT2D eigenvalue weighted by Crippen LogP contribution is -2.35. The molecule has 168 valence electrons. The first kappa shape index (κ1) is 21.4. The van der Waals surface area contributed by atoms with E-state index in [-0.39, 0.29) is 0 Å². The van der Waals surface area contributed by atoms with Crippen LogP contribution >= 0.6 is 11.6 Å². The average molecular weight is 462 g/mol. The zero-order chi connectivity index (χ0) is 23.0. The molecule has 0 saturated heterocycles. The topological polar surface area (TPSA) is 78.0 Å². The molecule has 0 fully saturated rings. The van der Waals surface area contributed by atoms with Gasteiger partial charge < -0.3 is 14.4 Å². The lowest BCUT2D eigenvalue weighted by molar-refractivity contribution is 0.0395. The minimum atomic E-state index is -1.18.